The Kier molecular flexibility index (Phi) is 5.84. The second kappa shape index (κ2) is 7.72. The lowest BCUT2D eigenvalue weighted by Gasteiger charge is -2.21. The molecule has 142 valence electrons. The van der Waals surface area contributed by atoms with E-state index >= 15 is 0 Å². The Bertz CT molecular complexity index is 797. The molecule has 0 spiro atoms. The summed E-state index contributed by atoms with van der Waals surface area (Å²) in [4.78, 5) is 49.9. The van der Waals surface area contributed by atoms with E-state index < -0.39 is 11.9 Å². The highest BCUT2D eigenvalue weighted by atomic mass is 16.4. The van der Waals surface area contributed by atoms with Crippen LogP contribution in [0.2, 0.25) is 0 Å². The van der Waals surface area contributed by atoms with E-state index in [1.807, 2.05) is 13.8 Å². The summed E-state index contributed by atoms with van der Waals surface area (Å²) in [7, 11) is 0. The van der Waals surface area contributed by atoms with Crippen molar-refractivity contribution < 1.29 is 19.5 Å². The van der Waals surface area contributed by atoms with E-state index in [1.54, 1.807) is 13.8 Å². The molecule has 0 bridgehead atoms. The first-order chi connectivity index (χ1) is 12.1. The first kappa shape index (κ1) is 19.7. The number of carboxylic acids is 1. The van der Waals surface area contributed by atoms with Crippen molar-refractivity contribution >= 4 is 17.8 Å². The zero-order valence-corrected chi connectivity index (χ0v) is 15.5. The zero-order chi connectivity index (χ0) is 19.6. The summed E-state index contributed by atoms with van der Waals surface area (Å²) in [6.45, 7) is 7.30. The highest BCUT2D eigenvalue weighted by Gasteiger charge is 2.33. The molecule has 1 aromatic heterocycles. The summed E-state index contributed by atoms with van der Waals surface area (Å²) in [5.74, 6) is -2.09. The number of hydrogen-bond acceptors (Lipinski definition) is 4. The number of nitrogens with one attached hydrogen (secondary N) is 1. The Labute approximate surface area is 151 Å². The highest BCUT2D eigenvalue weighted by molar-refractivity contribution is 5.97. The fraction of sp³-hybridized carbons (Fsp3) is 0.556. The third kappa shape index (κ3) is 4.12. The third-order valence-electron chi connectivity index (χ3n) is 4.56. The van der Waals surface area contributed by atoms with Crippen LogP contribution < -0.4 is 10.9 Å². The molecule has 1 fully saturated rings. The lowest BCUT2D eigenvalue weighted by molar-refractivity contribution is -0.141. The molecule has 0 aromatic carbocycles. The SMILES string of the molecule is Cc1cc(=O)n(CC(=O)NC(C)C)c(C)c1C(=O)N1CCC(C(=O)O)C1. The lowest BCUT2D eigenvalue weighted by atomic mass is 10.1. The Balaban J connectivity index is 2.33. The number of aromatic nitrogens is 1. The minimum atomic E-state index is -0.913. The van der Waals surface area contributed by atoms with Gasteiger partial charge in [0.25, 0.3) is 11.5 Å². The number of pyridine rings is 1. The van der Waals surface area contributed by atoms with Crippen LogP contribution in [-0.4, -0.2) is 51.5 Å². The number of carbonyl (C=O) groups is 3. The fourth-order valence-corrected chi connectivity index (χ4v) is 3.26. The number of nitrogens with zero attached hydrogens (tertiary/aromatic N) is 2. The topological polar surface area (TPSA) is 109 Å². The maximum absolute atomic E-state index is 12.9. The Morgan fingerprint density at radius 1 is 1.31 bits per heavy atom. The van der Waals surface area contributed by atoms with Crippen molar-refractivity contribution in [2.24, 2.45) is 5.92 Å². The van der Waals surface area contributed by atoms with Crippen molar-refractivity contribution in [1.29, 1.82) is 0 Å². The van der Waals surface area contributed by atoms with E-state index in [1.165, 1.54) is 15.5 Å². The molecule has 8 nitrogen and oxygen atoms in total. The van der Waals surface area contributed by atoms with Gasteiger partial charge in [-0.25, -0.2) is 0 Å². The summed E-state index contributed by atoms with van der Waals surface area (Å²) in [6.07, 6.45) is 0.412. The summed E-state index contributed by atoms with van der Waals surface area (Å²) in [5, 5.41) is 11.8. The monoisotopic (exact) mass is 363 g/mol. The molecule has 0 saturated carbocycles. The van der Waals surface area contributed by atoms with Crippen molar-refractivity contribution in [3.63, 3.8) is 0 Å². The summed E-state index contributed by atoms with van der Waals surface area (Å²) in [5.41, 5.74) is 0.947. The Morgan fingerprint density at radius 2 is 1.96 bits per heavy atom. The molecular formula is C18H25N3O5. The van der Waals surface area contributed by atoms with Crippen LogP contribution in [0.3, 0.4) is 0 Å². The molecule has 1 atom stereocenters. The number of carbonyl (C=O) groups excluding carboxylic acids is 2. The Morgan fingerprint density at radius 3 is 2.50 bits per heavy atom. The second-order valence-corrected chi connectivity index (χ2v) is 7.01. The van der Waals surface area contributed by atoms with Crippen LogP contribution in [0.25, 0.3) is 0 Å². The molecule has 1 aliphatic heterocycles. The highest BCUT2D eigenvalue weighted by Crippen LogP contribution is 2.21. The number of amides is 2. The number of carboxylic acid groups (broad SMARTS) is 1. The molecule has 8 heteroatoms. The fourth-order valence-electron chi connectivity index (χ4n) is 3.26. The predicted octanol–water partition coefficient (Wildman–Crippen LogP) is 0.536. The van der Waals surface area contributed by atoms with Gasteiger partial charge in [0.15, 0.2) is 0 Å². The van der Waals surface area contributed by atoms with Crippen LogP contribution in [0.4, 0.5) is 0 Å². The van der Waals surface area contributed by atoms with Crippen molar-refractivity contribution in [3.8, 4) is 0 Å². The van der Waals surface area contributed by atoms with Crippen molar-refractivity contribution in [2.45, 2.75) is 46.7 Å². The van der Waals surface area contributed by atoms with Crippen molar-refractivity contribution in [3.05, 3.63) is 33.2 Å². The third-order valence-corrected chi connectivity index (χ3v) is 4.56. The van der Waals surface area contributed by atoms with E-state index in [2.05, 4.69) is 5.32 Å². The first-order valence-corrected chi connectivity index (χ1v) is 8.64. The van der Waals surface area contributed by atoms with Gasteiger partial charge in [0, 0.05) is 30.9 Å². The first-order valence-electron chi connectivity index (χ1n) is 8.64. The number of likely N-dealkylation sites (tertiary alicyclic amines) is 1. The predicted molar refractivity (Wildman–Crippen MR) is 95.1 cm³/mol. The number of aryl methyl sites for hydroxylation is 1. The van der Waals surface area contributed by atoms with Gasteiger partial charge >= 0.3 is 5.97 Å². The van der Waals surface area contributed by atoms with Gasteiger partial charge in [0.05, 0.1) is 11.5 Å². The lowest BCUT2D eigenvalue weighted by Crippen LogP contribution is -2.38. The maximum Gasteiger partial charge on any atom is 0.308 e. The minimum Gasteiger partial charge on any atom is -0.481 e. The number of rotatable bonds is 5. The average Bonchev–Trinajstić information content (AvgIpc) is 3.00. The molecule has 2 rings (SSSR count). The number of aliphatic carboxylic acids is 1. The summed E-state index contributed by atoms with van der Waals surface area (Å²) >= 11 is 0. The van der Waals surface area contributed by atoms with Crippen LogP contribution >= 0.6 is 0 Å². The van der Waals surface area contributed by atoms with E-state index in [9.17, 15) is 19.2 Å². The number of hydrogen-bond donors (Lipinski definition) is 2. The zero-order valence-electron chi connectivity index (χ0n) is 15.5. The van der Waals surface area contributed by atoms with Gasteiger partial charge in [0.1, 0.15) is 6.54 Å². The maximum atomic E-state index is 12.9. The molecule has 2 N–H and O–H groups in total. The molecule has 1 saturated heterocycles. The van der Waals surface area contributed by atoms with Gasteiger partial charge < -0.3 is 19.9 Å². The van der Waals surface area contributed by atoms with Gasteiger partial charge in [-0.3, -0.25) is 19.2 Å². The summed E-state index contributed by atoms with van der Waals surface area (Å²) < 4.78 is 1.28. The van der Waals surface area contributed by atoms with E-state index in [0.29, 0.717) is 29.8 Å². The smallest absolute Gasteiger partial charge is 0.308 e. The molecule has 0 radical (unpaired) electrons. The van der Waals surface area contributed by atoms with Gasteiger partial charge in [-0.1, -0.05) is 0 Å². The van der Waals surface area contributed by atoms with Crippen LogP contribution in [0.15, 0.2) is 10.9 Å². The summed E-state index contributed by atoms with van der Waals surface area (Å²) in [6, 6.07) is 1.29. The molecule has 26 heavy (non-hydrogen) atoms. The van der Waals surface area contributed by atoms with Crippen LogP contribution in [0, 0.1) is 19.8 Å². The van der Waals surface area contributed by atoms with Crippen LogP contribution in [0.1, 0.15) is 41.9 Å². The van der Waals surface area contributed by atoms with Gasteiger partial charge in [-0.05, 0) is 39.7 Å². The standard InChI is InChI=1S/C18H25N3O5/c1-10(2)19-14(22)9-21-12(4)16(11(3)7-15(21)23)17(24)20-6-5-13(8-20)18(25)26/h7,10,13H,5-6,8-9H2,1-4H3,(H,19,22)(H,25,26). The average molecular weight is 363 g/mol. The minimum absolute atomic E-state index is 0.0531. The Hall–Kier alpha value is -2.64. The van der Waals surface area contributed by atoms with Gasteiger partial charge in [-0.2, -0.15) is 0 Å². The molecule has 1 aromatic rings. The van der Waals surface area contributed by atoms with E-state index in [0.717, 1.165) is 0 Å². The van der Waals surface area contributed by atoms with Crippen molar-refractivity contribution in [2.75, 3.05) is 13.1 Å². The largest absolute Gasteiger partial charge is 0.481 e. The van der Waals surface area contributed by atoms with Crippen LogP contribution in [0.5, 0.6) is 0 Å². The van der Waals surface area contributed by atoms with Gasteiger partial charge in [0.2, 0.25) is 5.91 Å². The van der Waals surface area contributed by atoms with Crippen molar-refractivity contribution in [1.82, 2.24) is 14.8 Å². The van der Waals surface area contributed by atoms with E-state index in [4.69, 9.17) is 5.11 Å². The normalized spacial score (nSPS) is 16.8. The molecule has 2 amide bonds. The molecule has 2 heterocycles. The van der Waals surface area contributed by atoms with Gasteiger partial charge in [-0.15, -0.1) is 0 Å². The molecule has 1 aliphatic rings. The molecular weight excluding hydrogens is 338 g/mol. The quantitative estimate of drug-likeness (QED) is 0.793. The van der Waals surface area contributed by atoms with E-state index in [-0.39, 0.29) is 36.5 Å². The van der Waals surface area contributed by atoms with Crippen LogP contribution in [-0.2, 0) is 16.1 Å². The molecule has 0 aliphatic carbocycles. The second-order valence-electron chi connectivity index (χ2n) is 7.01. The molecule has 1 unspecified atom stereocenters.